The minimum atomic E-state index is 0.481. The second-order valence-corrected chi connectivity index (χ2v) is 6.76. The highest BCUT2D eigenvalue weighted by molar-refractivity contribution is 9.10. The quantitative estimate of drug-likeness (QED) is 0.865. The van der Waals surface area contributed by atoms with Crippen molar-refractivity contribution in [2.75, 3.05) is 5.73 Å². The maximum atomic E-state index is 6.22. The van der Waals surface area contributed by atoms with Crippen molar-refractivity contribution in [1.82, 2.24) is 9.55 Å². The molecule has 0 spiro atoms. The Kier molecular flexibility index (Phi) is 4.01. The van der Waals surface area contributed by atoms with E-state index in [-0.39, 0.29) is 0 Å². The summed E-state index contributed by atoms with van der Waals surface area (Å²) in [6, 6.07) is 6.69. The van der Waals surface area contributed by atoms with Gasteiger partial charge in [0.05, 0.1) is 11.0 Å². The minimum Gasteiger partial charge on any atom is -0.369 e. The summed E-state index contributed by atoms with van der Waals surface area (Å²) in [6.07, 6.45) is 7.87. The lowest BCUT2D eigenvalue weighted by atomic mass is 9.82. The molecule has 1 atom stereocenters. The first-order valence-electron chi connectivity index (χ1n) is 7.63. The van der Waals surface area contributed by atoms with Crippen molar-refractivity contribution in [3.63, 3.8) is 0 Å². The van der Waals surface area contributed by atoms with Crippen molar-refractivity contribution in [3.05, 3.63) is 22.7 Å². The first-order chi connectivity index (χ1) is 9.70. The molecule has 20 heavy (non-hydrogen) atoms. The van der Waals surface area contributed by atoms with Gasteiger partial charge in [0.15, 0.2) is 0 Å². The average molecular weight is 336 g/mol. The van der Waals surface area contributed by atoms with E-state index in [1.807, 2.05) is 12.1 Å². The summed E-state index contributed by atoms with van der Waals surface area (Å²) in [5.74, 6) is 1.41. The zero-order valence-electron chi connectivity index (χ0n) is 12.0. The van der Waals surface area contributed by atoms with Crippen molar-refractivity contribution in [2.24, 2.45) is 5.92 Å². The number of benzene rings is 1. The first-order valence-corrected chi connectivity index (χ1v) is 8.43. The fourth-order valence-electron chi connectivity index (χ4n) is 3.68. The molecule has 2 aromatic rings. The van der Waals surface area contributed by atoms with Gasteiger partial charge in [-0.3, -0.25) is 0 Å². The van der Waals surface area contributed by atoms with E-state index in [2.05, 4.69) is 38.5 Å². The lowest BCUT2D eigenvalue weighted by Gasteiger charge is -2.31. The van der Waals surface area contributed by atoms with E-state index in [0.717, 1.165) is 27.8 Å². The van der Waals surface area contributed by atoms with E-state index in [1.54, 1.807) is 0 Å². The number of hydrogen-bond donors (Lipinski definition) is 1. The standard InChI is InChI=1S/C16H22BrN3/c1-2-14(11-6-4-3-5-7-11)20-15-10-12(17)8-9-13(15)19-16(20)18/h8-11,14H,2-7H2,1H3,(H2,18,19). The molecule has 4 heteroatoms. The Morgan fingerprint density at radius 2 is 2.10 bits per heavy atom. The van der Waals surface area contributed by atoms with Crippen molar-refractivity contribution in [3.8, 4) is 0 Å². The van der Waals surface area contributed by atoms with Crippen LogP contribution in [-0.2, 0) is 0 Å². The summed E-state index contributed by atoms with van der Waals surface area (Å²) in [4.78, 5) is 4.54. The summed E-state index contributed by atoms with van der Waals surface area (Å²) in [5.41, 5.74) is 8.38. The van der Waals surface area contributed by atoms with Crippen LogP contribution in [0, 0.1) is 5.92 Å². The SMILES string of the molecule is CCC(C1CCCCC1)n1c(N)nc2ccc(Br)cc21. The minimum absolute atomic E-state index is 0.481. The molecule has 3 rings (SSSR count). The Hall–Kier alpha value is -1.03. The molecule has 1 heterocycles. The van der Waals surface area contributed by atoms with E-state index < -0.39 is 0 Å². The Bertz CT molecular complexity index is 599. The third-order valence-corrected chi connectivity index (χ3v) is 5.12. The van der Waals surface area contributed by atoms with Crippen LogP contribution in [-0.4, -0.2) is 9.55 Å². The maximum absolute atomic E-state index is 6.22. The predicted molar refractivity (Wildman–Crippen MR) is 87.7 cm³/mol. The smallest absolute Gasteiger partial charge is 0.201 e. The number of aromatic nitrogens is 2. The summed E-state index contributed by atoms with van der Waals surface area (Å²) < 4.78 is 3.36. The maximum Gasteiger partial charge on any atom is 0.201 e. The van der Waals surface area contributed by atoms with Gasteiger partial charge < -0.3 is 10.3 Å². The van der Waals surface area contributed by atoms with Crippen LogP contribution in [0.3, 0.4) is 0 Å². The van der Waals surface area contributed by atoms with Crippen molar-refractivity contribution in [1.29, 1.82) is 0 Å². The number of halogens is 1. The van der Waals surface area contributed by atoms with Crippen LogP contribution in [0.2, 0.25) is 0 Å². The van der Waals surface area contributed by atoms with Crippen LogP contribution in [0.5, 0.6) is 0 Å². The number of nitrogen functional groups attached to an aromatic ring is 1. The molecule has 0 radical (unpaired) electrons. The van der Waals surface area contributed by atoms with E-state index in [4.69, 9.17) is 5.73 Å². The Balaban J connectivity index is 2.06. The van der Waals surface area contributed by atoms with Crippen molar-refractivity contribution >= 4 is 32.9 Å². The van der Waals surface area contributed by atoms with Crippen LogP contribution in [0.25, 0.3) is 11.0 Å². The molecule has 3 nitrogen and oxygen atoms in total. The fraction of sp³-hybridized carbons (Fsp3) is 0.562. The third-order valence-electron chi connectivity index (χ3n) is 4.62. The number of nitrogens with zero attached hydrogens (tertiary/aromatic N) is 2. The van der Waals surface area contributed by atoms with Gasteiger partial charge in [-0.15, -0.1) is 0 Å². The zero-order chi connectivity index (χ0) is 14.1. The molecule has 1 aromatic carbocycles. The summed E-state index contributed by atoms with van der Waals surface area (Å²) >= 11 is 3.56. The fourth-order valence-corrected chi connectivity index (χ4v) is 4.03. The molecule has 2 N–H and O–H groups in total. The number of imidazole rings is 1. The van der Waals surface area contributed by atoms with E-state index >= 15 is 0 Å². The molecule has 0 bridgehead atoms. The van der Waals surface area contributed by atoms with Crippen LogP contribution in [0.1, 0.15) is 51.5 Å². The molecular weight excluding hydrogens is 314 g/mol. The molecule has 1 aliphatic carbocycles. The predicted octanol–water partition coefficient (Wildman–Crippen LogP) is 4.91. The van der Waals surface area contributed by atoms with Crippen molar-refractivity contribution < 1.29 is 0 Å². The number of fused-ring (bicyclic) bond motifs is 1. The van der Waals surface area contributed by atoms with Gasteiger partial charge in [0, 0.05) is 10.5 Å². The molecular formula is C16H22BrN3. The number of hydrogen-bond acceptors (Lipinski definition) is 2. The lowest BCUT2D eigenvalue weighted by Crippen LogP contribution is -2.22. The lowest BCUT2D eigenvalue weighted by molar-refractivity contribution is 0.249. The van der Waals surface area contributed by atoms with Gasteiger partial charge >= 0.3 is 0 Å². The molecule has 1 saturated carbocycles. The topological polar surface area (TPSA) is 43.8 Å². The van der Waals surface area contributed by atoms with Crippen LogP contribution >= 0.6 is 15.9 Å². The van der Waals surface area contributed by atoms with Crippen molar-refractivity contribution in [2.45, 2.75) is 51.5 Å². The number of nitrogens with two attached hydrogens (primary N) is 1. The van der Waals surface area contributed by atoms with Gasteiger partial charge in [0.1, 0.15) is 0 Å². The molecule has 1 unspecified atom stereocenters. The summed E-state index contributed by atoms with van der Waals surface area (Å²) in [7, 11) is 0. The van der Waals surface area contributed by atoms with Gasteiger partial charge in [0.2, 0.25) is 5.95 Å². The van der Waals surface area contributed by atoms with Gasteiger partial charge in [-0.25, -0.2) is 4.98 Å². The molecule has 1 aromatic heterocycles. The highest BCUT2D eigenvalue weighted by Gasteiger charge is 2.26. The Labute approximate surface area is 128 Å². The third kappa shape index (κ3) is 2.46. The summed E-state index contributed by atoms with van der Waals surface area (Å²) in [6.45, 7) is 2.27. The second kappa shape index (κ2) is 5.76. The first kappa shape index (κ1) is 13.9. The Morgan fingerprint density at radius 3 is 2.80 bits per heavy atom. The monoisotopic (exact) mass is 335 g/mol. The molecule has 0 aliphatic heterocycles. The largest absolute Gasteiger partial charge is 0.369 e. The van der Waals surface area contributed by atoms with Gasteiger partial charge in [-0.05, 0) is 43.4 Å². The van der Waals surface area contributed by atoms with E-state index in [0.29, 0.717) is 12.0 Å². The highest BCUT2D eigenvalue weighted by Crippen LogP contribution is 2.38. The molecule has 0 amide bonds. The molecule has 0 saturated heterocycles. The number of rotatable bonds is 3. The van der Waals surface area contributed by atoms with Crippen LogP contribution in [0.15, 0.2) is 22.7 Å². The van der Waals surface area contributed by atoms with Crippen LogP contribution < -0.4 is 5.73 Å². The Morgan fingerprint density at radius 1 is 1.35 bits per heavy atom. The van der Waals surface area contributed by atoms with Gasteiger partial charge in [-0.2, -0.15) is 0 Å². The van der Waals surface area contributed by atoms with Gasteiger partial charge in [0.25, 0.3) is 0 Å². The van der Waals surface area contributed by atoms with Gasteiger partial charge in [-0.1, -0.05) is 42.1 Å². The molecule has 1 fully saturated rings. The average Bonchev–Trinajstić information content (AvgIpc) is 2.77. The molecule has 108 valence electrons. The highest BCUT2D eigenvalue weighted by atomic mass is 79.9. The normalized spacial score (nSPS) is 18.5. The second-order valence-electron chi connectivity index (χ2n) is 5.85. The van der Waals surface area contributed by atoms with E-state index in [9.17, 15) is 0 Å². The number of anilines is 1. The van der Waals surface area contributed by atoms with Crippen LogP contribution in [0.4, 0.5) is 5.95 Å². The van der Waals surface area contributed by atoms with E-state index in [1.165, 1.54) is 32.1 Å². The summed E-state index contributed by atoms with van der Waals surface area (Å²) in [5, 5.41) is 0. The molecule has 1 aliphatic rings. The zero-order valence-corrected chi connectivity index (χ0v) is 13.6.